The lowest BCUT2D eigenvalue weighted by atomic mass is 10.0. The molecule has 6 rings (SSSR count). The smallest absolute Gasteiger partial charge is 0.276 e. The number of hydrazine groups is 1. The Bertz CT molecular complexity index is 1690. The van der Waals surface area contributed by atoms with Gasteiger partial charge in [-0.15, -0.1) is 5.10 Å². The van der Waals surface area contributed by atoms with Crippen LogP contribution in [0.3, 0.4) is 0 Å². The maximum absolute atomic E-state index is 13.5. The Hall–Kier alpha value is -5.64. The zero-order valence-electron chi connectivity index (χ0n) is 22.9. The first-order chi connectivity index (χ1) is 20.5. The van der Waals surface area contributed by atoms with Gasteiger partial charge in [0.25, 0.3) is 5.91 Å². The van der Waals surface area contributed by atoms with Crippen LogP contribution in [-0.2, 0) is 17.9 Å². The van der Waals surface area contributed by atoms with E-state index in [1.165, 1.54) is 4.68 Å². The average Bonchev–Trinajstić information content (AvgIpc) is 3.46. The minimum atomic E-state index is -0.451. The highest BCUT2D eigenvalue weighted by atomic mass is 16.5. The summed E-state index contributed by atoms with van der Waals surface area (Å²) in [5, 5.41) is 16.1. The fourth-order valence-corrected chi connectivity index (χ4v) is 4.62. The molecule has 0 radical (unpaired) electrons. The van der Waals surface area contributed by atoms with Gasteiger partial charge in [0, 0.05) is 11.4 Å². The molecular weight excluding hydrogens is 530 g/mol. The van der Waals surface area contributed by atoms with Crippen molar-refractivity contribution in [2.75, 3.05) is 16.1 Å². The molecule has 1 aliphatic rings. The van der Waals surface area contributed by atoms with Gasteiger partial charge in [-0.25, -0.2) is 9.69 Å². The Morgan fingerprint density at radius 3 is 2.43 bits per heavy atom. The summed E-state index contributed by atoms with van der Waals surface area (Å²) >= 11 is 0. The Balaban J connectivity index is 1.09. The fourth-order valence-electron chi connectivity index (χ4n) is 4.62. The first-order valence-electron chi connectivity index (χ1n) is 13.5. The highest BCUT2D eigenvalue weighted by Crippen LogP contribution is 2.34. The van der Waals surface area contributed by atoms with Gasteiger partial charge in [-0.1, -0.05) is 65.4 Å². The zero-order valence-corrected chi connectivity index (χ0v) is 22.9. The molecule has 5 aromatic rings. The Kier molecular flexibility index (Phi) is 7.50. The third-order valence-electron chi connectivity index (χ3n) is 6.76. The second-order valence-corrected chi connectivity index (χ2v) is 9.92. The normalized spacial score (nSPS) is 14.1. The van der Waals surface area contributed by atoms with Gasteiger partial charge in [0.1, 0.15) is 30.8 Å². The molecule has 2 heterocycles. The van der Waals surface area contributed by atoms with Crippen molar-refractivity contribution in [3.8, 4) is 5.75 Å². The van der Waals surface area contributed by atoms with Crippen LogP contribution >= 0.6 is 0 Å². The maximum Gasteiger partial charge on any atom is 0.276 e. The summed E-state index contributed by atoms with van der Waals surface area (Å²) in [6, 6.07) is 32.2. The van der Waals surface area contributed by atoms with E-state index < -0.39 is 6.17 Å². The van der Waals surface area contributed by atoms with E-state index in [0.717, 1.165) is 28.2 Å². The number of hydrogen-bond donors (Lipinski definition) is 3. The Morgan fingerprint density at radius 2 is 1.64 bits per heavy atom. The summed E-state index contributed by atoms with van der Waals surface area (Å²) in [6.07, 6.45) is 1.23. The van der Waals surface area contributed by atoms with Crippen LogP contribution in [0.4, 0.5) is 17.1 Å². The third kappa shape index (κ3) is 6.07. The summed E-state index contributed by atoms with van der Waals surface area (Å²) in [5.41, 5.74) is 8.75. The van der Waals surface area contributed by atoms with Crippen molar-refractivity contribution in [1.82, 2.24) is 20.0 Å². The number of amides is 2. The molecule has 1 aliphatic heterocycles. The molecule has 10 heteroatoms. The molecule has 1 atom stereocenters. The Labute approximate surface area is 242 Å². The minimum absolute atomic E-state index is 0.0410. The SMILES string of the molecule is Cc1ccc(NC(=O)Cn2cc(COc3ccc(C4Nc5ccccc5C(=O)N4Nc4ccccc4)cc3)nn2)cc1. The summed E-state index contributed by atoms with van der Waals surface area (Å²) in [7, 11) is 0. The second kappa shape index (κ2) is 11.8. The second-order valence-electron chi connectivity index (χ2n) is 9.92. The van der Waals surface area contributed by atoms with Crippen molar-refractivity contribution in [1.29, 1.82) is 0 Å². The molecule has 0 saturated carbocycles. The van der Waals surface area contributed by atoms with E-state index >= 15 is 0 Å². The van der Waals surface area contributed by atoms with Crippen LogP contribution in [0.15, 0.2) is 109 Å². The van der Waals surface area contributed by atoms with Crippen LogP contribution < -0.4 is 20.8 Å². The van der Waals surface area contributed by atoms with Crippen LogP contribution in [0.1, 0.15) is 33.3 Å². The van der Waals surface area contributed by atoms with Crippen molar-refractivity contribution in [2.24, 2.45) is 0 Å². The number of para-hydroxylation sites is 2. The van der Waals surface area contributed by atoms with Crippen LogP contribution in [0, 0.1) is 6.92 Å². The van der Waals surface area contributed by atoms with Gasteiger partial charge >= 0.3 is 0 Å². The summed E-state index contributed by atoms with van der Waals surface area (Å²) in [4.78, 5) is 25.8. The number of nitrogens with zero attached hydrogens (tertiary/aromatic N) is 4. The highest BCUT2D eigenvalue weighted by molar-refractivity contribution is 6.02. The van der Waals surface area contributed by atoms with Crippen molar-refractivity contribution < 1.29 is 14.3 Å². The first-order valence-corrected chi connectivity index (χ1v) is 13.5. The molecular formula is C32H29N7O3. The lowest BCUT2D eigenvalue weighted by Crippen LogP contribution is -2.46. The molecule has 0 fully saturated rings. The Morgan fingerprint density at radius 1 is 0.905 bits per heavy atom. The molecule has 2 amide bonds. The van der Waals surface area contributed by atoms with E-state index in [2.05, 4.69) is 26.4 Å². The monoisotopic (exact) mass is 559 g/mol. The molecule has 1 aromatic heterocycles. The molecule has 0 saturated heterocycles. The summed E-state index contributed by atoms with van der Waals surface area (Å²) in [6.45, 7) is 2.22. The quantitative estimate of drug-likeness (QED) is 0.222. The van der Waals surface area contributed by atoms with Crippen molar-refractivity contribution >= 4 is 28.9 Å². The zero-order chi connectivity index (χ0) is 28.9. The van der Waals surface area contributed by atoms with Gasteiger partial charge in [-0.05, 0) is 61.0 Å². The van der Waals surface area contributed by atoms with Crippen LogP contribution in [0.2, 0.25) is 0 Å². The van der Waals surface area contributed by atoms with Crippen LogP contribution in [0.5, 0.6) is 5.75 Å². The van der Waals surface area contributed by atoms with Crippen LogP contribution in [0.25, 0.3) is 0 Å². The van der Waals surface area contributed by atoms with E-state index in [0.29, 0.717) is 17.0 Å². The standard InChI is InChI=1S/C32H29N7O3/c1-22-11-15-24(16-12-22)33-30(40)20-38-19-26(35-37-38)21-42-27-17-13-23(14-18-27)31-34-29-10-6-5-9-28(29)32(41)39(31)36-25-7-3-2-4-8-25/h2-19,31,34,36H,20-21H2,1H3,(H,33,40). The number of anilines is 3. The van der Waals surface area contributed by atoms with Crippen molar-refractivity contribution in [2.45, 2.75) is 26.2 Å². The number of ether oxygens (including phenoxy) is 1. The summed E-state index contributed by atoms with van der Waals surface area (Å²) in [5.74, 6) is 0.310. The summed E-state index contributed by atoms with van der Waals surface area (Å²) < 4.78 is 7.40. The van der Waals surface area contributed by atoms with Gasteiger partial charge in [-0.3, -0.25) is 15.0 Å². The van der Waals surface area contributed by atoms with Gasteiger partial charge in [-0.2, -0.15) is 0 Å². The number of nitrogens with one attached hydrogen (secondary N) is 3. The maximum atomic E-state index is 13.5. The fraction of sp³-hybridized carbons (Fsp3) is 0.125. The van der Waals surface area contributed by atoms with E-state index in [9.17, 15) is 9.59 Å². The number of hydrogen-bond acceptors (Lipinski definition) is 7. The van der Waals surface area contributed by atoms with E-state index in [-0.39, 0.29) is 25.0 Å². The predicted molar refractivity (Wildman–Crippen MR) is 160 cm³/mol. The van der Waals surface area contributed by atoms with Crippen LogP contribution in [-0.4, -0.2) is 31.8 Å². The molecule has 42 heavy (non-hydrogen) atoms. The number of aryl methyl sites for hydroxylation is 1. The number of carbonyl (C=O) groups is 2. The average molecular weight is 560 g/mol. The number of carbonyl (C=O) groups excluding carboxylic acids is 2. The number of rotatable bonds is 9. The van der Waals surface area contributed by atoms with Gasteiger partial charge < -0.3 is 15.4 Å². The first kappa shape index (κ1) is 26.6. The predicted octanol–water partition coefficient (Wildman–Crippen LogP) is 5.40. The molecule has 3 N–H and O–H groups in total. The molecule has 210 valence electrons. The van der Waals surface area contributed by atoms with Crippen molar-refractivity contribution in [3.05, 3.63) is 132 Å². The lowest BCUT2D eigenvalue weighted by Gasteiger charge is -2.38. The number of benzene rings is 4. The van der Waals surface area contributed by atoms with Gasteiger partial charge in [0.15, 0.2) is 0 Å². The van der Waals surface area contributed by atoms with E-state index in [4.69, 9.17) is 4.74 Å². The molecule has 0 spiro atoms. The van der Waals surface area contributed by atoms with Gasteiger partial charge in [0.05, 0.1) is 17.4 Å². The van der Waals surface area contributed by atoms with E-state index in [1.807, 2.05) is 110 Å². The number of aromatic nitrogens is 3. The van der Waals surface area contributed by atoms with Gasteiger partial charge in [0.2, 0.25) is 5.91 Å². The number of fused-ring (bicyclic) bond motifs is 1. The largest absolute Gasteiger partial charge is 0.487 e. The molecule has 0 bridgehead atoms. The highest BCUT2D eigenvalue weighted by Gasteiger charge is 2.33. The third-order valence-corrected chi connectivity index (χ3v) is 6.76. The molecule has 1 unspecified atom stereocenters. The molecule has 0 aliphatic carbocycles. The topological polar surface area (TPSA) is 113 Å². The van der Waals surface area contributed by atoms with E-state index in [1.54, 1.807) is 11.2 Å². The molecule has 10 nitrogen and oxygen atoms in total. The molecule has 4 aromatic carbocycles. The lowest BCUT2D eigenvalue weighted by molar-refractivity contribution is -0.116. The van der Waals surface area contributed by atoms with Crippen molar-refractivity contribution in [3.63, 3.8) is 0 Å². The minimum Gasteiger partial charge on any atom is -0.487 e.